The van der Waals surface area contributed by atoms with Gasteiger partial charge in [-0.15, -0.1) is 0 Å². The maximum absolute atomic E-state index is 13.3. The van der Waals surface area contributed by atoms with Gasteiger partial charge in [-0.1, -0.05) is 13.8 Å². The number of aromatic nitrogens is 1. The third kappa shape index (κ3) is 3.98. The number of carbonyl (C=O) groups excluding carboxylic acids is 2. The van der Waals surface area contributed by atoms with Crippen molar-refractivity contribution >= 4 is 28.4 Å². The highest BCUT2D eigenvalue weighted by molar-refractivity contribution is 6.04. The Labute approximate surface area is 176 Å². The minimum atomic E-state index is -0.294. The van der Waals surface area contributed by atoms with Crippen LogP contribution in [0.25, 0.3) is 10.9 Å². The molecule has 0 atom stereocenters. The predicted octanol–water partition coefficient (Wildman–Crippen LogP) is 3.67. The van der Waals surface area contributed by atoms with Gasteiger partial charge in [-0.05, 0) is 49.4 Å². The predicted molar refractivity (Wildman–Crippen MR) is 117 cm³/mol. The van der Waals surface area contributed by atoms with E-state index in [0.717, 1.165) is 56.6 Å². The van der Waals surface area contributed by atoms with Crippen molar-refractivity contribution in [3.05, 3.63) is 54.1 Å². The van der Waals surface area contributed by atoms with Crippen LogP contribution in [0.1, 0.15) is 41.3 Å². The van der Waals surface area contributed by atoms with Gasteiger partial charge in [0.1, 0.15) is 5.69 Å². The first kappa shape index (κ1) is 20.2. The minimum Gasteiger partial charge on any atom is -0.459 e. The van der Waals surface area contributed by atoms with Crippen molar-refractivity contribution in [3.63, 3.8) is 0 Å². The molecule has 3 aromatic rings. The molecular weight excluding hydrogens is 380 g/mol. The summed E-state index contributed by atoms with van der Waals surface area (Å²) in [5.74, 6) is 0.0507. The second-order valence-electron chi connectivity index (χ2n) is 7.61. The molecule has 4 rings (SSSR count). The SMILES string of the molecule is CCCn1c(C(=O)N2CCN(CC)CC2)cc2cc(NC(=O)c3ccco3)ccc21. The number of hydrogen-bond donors (Lipinski definition) is 1. The van der Waals surface area contributed by atoms with Crippen molar-refractivity contribution in [2.24, 2.45) is 0 Å². The number of likely N-dealkylation sites (N-methyl/N-ethyl adjacent to an activating group) is 1. The lowest BCUT2D eigenvalue weighted by molar-refractivity contribution is 0.0633. The Hall–Kier alpha value is -3.06. The molecule has 1 aromatic carbocycles. The van der Waals surface area contributed by atoms with Gasteiger partial charge in [-0.2, -0.15) is 0 Å². The molecular formula is C23H28N4O3. The topological polar surface area (TPSA) is 70.7 Å². The Morgan fingerprint density at radius 1 is 1.07 bits per heavy atom. The van der Waals surface area contributed by atoms with Crippen molar-refractivity contribution < 1.29 is 14.0 Å². The summed E-state index contributed by atoms with van der Waals surface area (Å²) in [6, 6.07) is 11.0. The first-order valence-corrected chi connectivity index (χ1v) is 10.6. The van der Waals surface area contributed by atoms with Gasteiger partial charge in [-0.3, -0.25) is 9.59 Å². The van der Waals surface area contributed by atoms with Crippen molar-refractivity contribution in [2.45, 2.75) is 26.8 Å². The average Bonchev–Trinajstić information content (AvgIpc) is 3.42. The van der Waals surface area contributed by atoms with E-state index in [1.54, 1.807) is 12.1 Å². The fraction of sp³-hybridized carbons (Fsp3) is 0.391. The fourth-order valence-corrected chi connectivity index (χ4v) is 4.02. The van der Waals surface area contributed by atoms with Gasteiger partial charge >= 0.3 is 0 Å². The minimum absolute atomic E-state index is 0.0802. The van der Waals surface area contributed by atoms with Crippen LogP contribution in [0, 0.1) is 0 Å². The molecule has 1 aliphatic rings. The number of hydrogen-bond acceptors (Lipinski definition) is 4. The summed E-state index contributed by atoms with van der Waals surface area (Å²) in [7, 11) is 0. The maximum atomic E-state index is 13.3. The molecule has 0 aliphatic carbocycles. The molecule has 2 aromatic heterocycles. The van der Waals surface area contributed by atoms with Gasteiger partial charge in [0, 0.05) is 49.3 Å². The van der Waals surface area contributed by atoms with E-state index in [-0.39, 0.29) is 17.6 Å². The molecule has 30 heavy (non-hydrogen) atoms. The number of rotatable bonds is 6. The number of fused-ring (bicyclic) bond motifs is 1. The van der Waals surface area contributed by atoms with Crippen molar-refractivity contribution in [1.82, 2.24) is 14.4 Å². The van der Waals surface area contributed by atoms with Crippen LogP contribution < -0.4 is 5.32 Å². The monoisotopic (exact) mass is 408 g/mol. The summed E-state index contributed by atoms with van der Waals surface area (Å²) >= 11 is 0. The molecule has 0 saturated carbocycles. The van der Waals surface area contributed by atoms with Crippen LogP contribution in [0.4, 0.5) is 5.69 Å². The molecule has 7 nitrogen and oxygen atoms in total. The van der Waals surface area contributed by atoms with Crippen LogP contribution in [0.3, 0.4) is 0 Å². The van der Waals surface area contributed by atoms with Crippen molar-refractivity contribution in [2.75, 3.05) is 38.0 Å². The zero-order chi connectivity index (χ0) is 21.1. The Balaban J connectivity index is 1.60. The summed E-state index contributed by atoms with van der Waals surface area (Å²) in [6.07, 6.45) is 2.41. The second kappa shape index (κ2) is 8.75. The quantitative estimate of drug-likeness (QED) is 0.676. The first-order chi connectivity index (χ1) is 14.6. The van der Waals surface area contributed by atoms with E-state index in [4.69, 9.17) is 4.42 Å². The Morgan fingerprint density at radius 2 is 1.87 bits per heavy atom. The molecule has 1 N–H and O–H groups in total. The van der Waals surface area contributed by atoms with E-state index in [1.807, 2.05) is 29.2 Å². The highest BCUT2D eigenvalue weighted by Gasteiger charge is 2.25. The molecule has 0 radical (unpaired) electrons. The smallest absolute Gasteiger partial charge is 0.291 e. The van der Waals surface area contributed by atoms with E-state index < -0.39 is 0 Å². The lowest BCUT2D eigenvalue weighted by Crippen LogP contribution is -2.48. The fourth-order valence-electron chi connectivity index (χ4n) is 4.02. The number of piperazine rings is 1. The van der Waals surface area contributed by atoms with Crippen LogP contribution in [0.2, 0.25) is 0 Å². The molecule has 1 aliphatic heterocycles. The Kier molecular flexibility index (Phi) is 5.90. The number of nitrogens with zero attached hydrogens (tertiary/aromatic N) is 3. The van der Waals surface area contributed by atoms with Crippen molar-refractivity contribution in [1.29, 1.82) is 0 Å². The standard InChI is InChI=1S/C23H28N4O3/c1-3-9-27-19-8-7-18(24-22(28)21-6-5-14-30-21)15-17(19)16-20(27)23(29)26-12-10-25(4-2)11-13-26/h5-8,14-16H,3-4,9-13H2,1-2H3,(H,24,28). The normalized spacial score (nSPS) is 14.9. The lowest BCUT2D eigenvalue weighted by Gasteiger charge is -2.34. The van der Waals surface area contributed by atoms with Gasteiger partial charge in [0.05, 0.1) is 6.26 Å². The summed E-state index contributed by atoms with van der Waals surface area (Å²) in [5.41, 5.74) is 2.39. The molecule has 7 heteroatoms. The number of anilines is 1. The van der Waals surface area contributed by atoms with E-state index in [1.165, 1.54) is 6.26 Å². The molecule has 158 valence electrons. The van der Waals surface area contributed by atoms with Crippen LogP contribution in [-0.2, 0) is 6.54 Å². The summed E-state index contributed by atoms with van der Waals surface area (Å²) in [5, 5.41) is 3.80. The second-order valence-corrected chi connectivity index (χ2v) is 7.61. The average molecular weight is 409 g/mol. The van der Waals surface area contributed by atoms with Gasteiger partial charge in [0.15, 0.2) is 5.76 Å². The molecule has 1 saturated heterocycles. The zero-order valence-electron chi connectivity index (χ0n) is 17.6. The molecule has 0 bridgehead atoms. The van der Waals surface area contributed by atoms with Gasteiger partial charge < -0.3 is 24.1 Å². The molecule has 0 unspecified atom stereocenters. The highest BCUT2D eigenvalue weighted by Crippen LogP contribution is 2.26. The largest absolute Gasteiger partial charge is 0.459 e. The Morgan fingerprint density at radius 3 is 2.53 bits per heavy atom. The zero-order valence-corrected chi connectivity index (χ0v) is 17.6. The van der Waals surface area contributed by atoms with Crippen LogP contribution in [0.15, 0.2) is 47.1 Å². The highest BCUT2D eigenvalue weighted by atomic mass is 16.3. The van der Waals surface area contributed by atoms with E-state index in [9.17, 15) is 9.59 Å². The van der Waals surface area contributed by atoms with Crippen LogP contribution >= 0.6 is 0 Å². The van der Waals surface area contributed by atoms with Crippen LogP contribution in [-0.4, -0.2) is 58.9 Å². The first-order valence-electron chi connectivity index (χ1n) is 10.6. The number of carbonyl (C=O) groups is 2. The molecule has 0 spiro atoms. The third-order valence-electron chi connectivity index (χ3n) is 5.68. The summed E-state index contributed by atoms with van der Waals surface area (Å²) in [6.45, 7) is 9.40. The number of amides is 2. The maximum Gasteiger partial charge on any atom is 0.291 e. The van der Waals surface area contributed by atoms with Gasteiger partial charge in [0.2, 0.25) is 0 Å². The third-order valence-corrected chi connectivity index (χ3v) is 5.68. The van der Waals surface area contributed by atoms with E-state index in [2.05, 4.69) is 28.6 Å². The molecule has 1 fully saturated rings. The number of aryl methyl sites for hydroxylation is 1. The summed E-state index contributed by atoms with van der Waals surface area (Å²) < 4.78 is 7.25. The molecule has 3 heterocycles. The molecule has 2 amide bonds. The van der Waals surface area contributed by atoms with Crippen LogP contribution in [0.5, 0.6) is 0 Å². The number of nitrogens with one attached hydrogen (secondary N) is 1. The summed E-state index contributed by atoms with van der Waals surface area (Å²) in [4.78, 5) is 29.9. The van der Waals surface area contributed by atoms with Crippen molar-refractivity contribution in [3.8, 4) is 0 Å². The van der Waals surface area contributed by atoms with Gasteiger partial charge in [-0.25, -0.2) is 0 Å². The van der Waals surface area contributed by atoms with E-state index in [0.29, 0.717) is 11.4 Å². The van der Waals surface area contributed by atoms with E-state index >= 15 is 0 Å². The Bertz CT molecular complexity index is 1030. The number of benzene rings is 1. The lowest BCUT2D eigenvalue weighted by atomic mass is 10.2. The van der Waals surface area contributed by atoms with Gasteiger partial charge in [0.25, 0.3) is 11.8 Å². The number of furan rings is 1.